The minimum atomic E-state index is 1.20. The van der Waals surface area contributed by atoms with E-state index in [1.54, 1.807) is 0 Å². The molecule has 0 atom stereocenters. The van der Waals surface area contributed by atoms with Crippen LogP contribution in [0.1, 0.15) is 57.9 Å². The standard InChI is InChI=1S/C18H31N/c1-3-5-6-7-11-16-19(4-2)17-12-15-18-13-9-8-10-14-18/h8-10,13-14H,3-7,11-12,15-17H2,1-2H3. The number of rotatable bonds is 11. The quantitative estimate of drug-likeness (QED) is 0.511. The molecule has 0 heterocycles. The van der Waals surface area contributed by atoms with E-state index in [9.17, 15) is 0 Å². The van der Waals surface area contributed by atoms with Crippen molar-refractivity contribution in [1.82, 2.24) is 4.90 Å². The predicted molar refractivity (Wildman–Crippen MR) is 85.6 cm³/mol. The van der Waals surface area contributed by atoms with Crippen LogP contribution in [0.2, 0.25) is 0 Å². The van der Waals surface area contributed by atoms with E-state index >= 15 is 0 Å². The molecule has 0 bridgehead atoms. The highest BCUT2D eigenvalue weighted by atomic mass is 15.1. The average molecular weight is 261 g/mol. The molecule has 0 saturated heterocycles. The Labute approximate surface area is 120 Å². The smallest absolute Gasteiger partial charge is 0.00157 e. The molecule has 0 aliphatic carbocycles. The molecular weight excluding hydrogens is 230 g/mol. The lowest BCUT2D eigenvalue weighted by atomic mass is 10.1. The molecule has 0 aliphatic rings. The predicted octanol–water partition coefficient (Wildman–Crippen LogP) is 4.91. The van der Waals surface area contributed by atoms with E-state index in [0.717, 1.165) is 0 Å². The fourth-order valence-electron chi connectivity index (χ4n) is 2.52. The second-order valence-corrected chi connectivity index (χ2v) is 5.44. The minimum Gasteiger partial charge on any atom is -0.304 e. The van der Waals surface area contributed by atoms with Crippen LogP contribution in [0, 0.1) is 0 Å². The Balaban J connectivity index is 2.08. The third kappa shape index (κ3) is 8.05. The van der Waals surface area contributed by atoms with E-state index in [0.29, 0.717) is 0 Å². The lowest BCUT2D eigenvalue weighted by Crippen LogP contribution is -2.26. The SMILES string of the molecule is CCCCCCCN(CC)CCCc1ccccc1. The Morgan fingerprint density at radius 2 is 1.47 bits per heavy atom. The number of unbranched alkanes of at least 4 members (excludes halogenated alkanes) is 4. The molecule has 0 radical (unpaired) electrons. The van der Waals surface area contributed by atoms with Gasteiger partial charge in [0.25, 0.3) is 0 Å². The van der Waals surface area contributed by atoms with Crippen LogP contribution in [-0.2, 0) is 6.42 Å². The molecule has 1 rings (SSSR count). The topological polar surface area (TPSA) is 3.24 Å². The third-order valence-electron chi connectivity index (χ3n) is 3.81. The molecule has 0 unspecified atom stereocenters. The number of aryl methyl sites for hydroxylation is 1. The van der Waals surface area contributed by atoms with Gasteiger partial charge in [-0.25, -0.2) is 0 Å². The summed E-state index contributed by atoms with van der Waals surface area (Å²) in [5.41, 5.74) is 1.47. The van der Waals surface area contributed by atoms with Crippen molar-refractivity contribution in [1.29, 1.82) is 0 Å². The molecule has 0 fully saturated rings. The van der Waals surface area contributed by atoms with Crippen LogP contribution in [0.25, 0.3) is 0 Å². The first-order valence-electron chi connectivity index (χ1n) is 8.13. The zero-order valence-electron chi connectivity index (χ0n) is 12.9. The first kappa shape index (κ1) is 16.2. The molecule has 0 aliphatic heterocycles. The van der Waals surface area contributed by atoms with Gasteiger partial charge in [0.2, 0.25) is 0 Å². The van der Waals surface area contributed by atoms with E-state index in [-0.39, 0.29) is 0 Å². The zero-order valence-corrected chi connectivity index (χ0v) is 12.9. The van der Waals surface area contributed by atoms with Gasteiger partial charge in [0.05, 0.1) is 0 Å². The number of hydrogen-bond acceptors (Lipinski definition) is 1. The maximum absolute atomic E-state index is 2.61. The van der Waals surface area contributed by atoms with Gasteiger partial charge in [-0.05, 0) is 44.5 Å². The van der Waals surface area contributed by atoms with E-state index in [2.05, 4.69) is 49.1 Å². The van der Waals surface area contributed by atoms with Gasteiger partial charge in [-0.2, -0.15) is 0 Å². The molecule has 19 heavy (non-hydrogen) atoms. The fraction of sp³-hybridized carbons (Fsp3) is 0.667. The first-order chi connectivity index (χ1) is 9.36. The van der Waals surface area contributed by atoms with Gasteiger partial charge in [-0.1, -0.05) is 69.9 Å². The van der Waals surface area contributed by atoms with Gasteiger partial charge in [0.1, 0.15) is 0 Å². The van der Waals surface area contributed by atoms with Crippen LogP contribution < -0.4 is 0 Å². The van der Waals surface area contributed by atoms with Crippen LogP contribution in [0.5, 0.6) is 0 Å². The summed E-state index contributed by atoms with van der Waals surface area (Å²) in [4.78, 5) is 2.61. The van der Waals surface area contributed by atoms with Crippen LogP contribution in [0.3, 0.4) is 0 Å². The monoisotopic (exact) mass is 261 g/mol. The Bertz CT molecular complexity index is 294. The van der Waals surface area contributed by atoms with Crippen molar-refractivity contribution in [3.8, 4) is 0 Å². The second kappa shape index (κ2) is 11.0. The van der Waals surface area contributed by atoms with Crippen LogP contribution in [-0.4, -0.2) is 24.5 Å². The van der Waals surface area contributed by atoms with Crippen LogP contribution in [0.15, 0.2) is 30.3 Å². The molecule has 0 amide bonds. The summed E-state index contributed by atoms with van der Waals surface area (Å²) in [7, 11) is 0. The zero-order chi connectivity index (χ0) is 13.8. The maximum Gasteiger partial charge on any atom is -0.00157 e. The van der Waals surface area contributed by atoms with Gasteiger partial charge in [-0.3, -0.25) is 0 Å². The van der Waals surface area contributed by atoms with Crippen molar-refractivity contribution in [3.05, 3.63) is 35.9 Å². The number of benzene rings is 1. The van der Waals surface area contributed by atoms with E-state index in [1.807, 2.05) is 0 Å². The molecule has 1 heteroatoms. The Morgan fingerprint density at radius 1 is 0.789 bits per heavy atom. The van der Waals surface area contributed by atoms with Gasteiger partial charge in [-0.15, -0.1) is 0 Å². The van der Waals surface area contributed by atoms with Crippen molar-refractivity contribution in [2.24, 2.45) is 0 Å². The number of hydrogen-bond donors (Lipinski definition) is 0. The average Bonchev–Trinajstić information content (AvgIpc) is 2.46. The summed E-state index contributed by atoms with van der Waals surface area (Å²) in [6.45, 7) is 8.30. The Kier molecular flexibility index (Phi) is 9.44. The molecular formula is C18H31N. The largest absolute Gasteiger partial charge is 0.304 e. The summed E-state index contributed by atoms with van der Waals surface area (Å²) in [5, 5.41) is 0. The Morgan fingerprint density at radius 3 is 2.16 bits per heavy atom. The molecule has 108 valence electrons. The van der Waals surface area contributed by atoms with E-state index in [1.165, 1.54) is 70.1 Å². The van der Waals surface area contributed by atoms with Crippen LogP contribution >= 0.6 is 0 Å². The molecule has 0 aromatic heterocycles. The summed E-state index contributed by atoms with van der Waals surface area (Å²) in [6.07, 6.45) is 9.44. The lowest BCUT2D eigenvalue weighted by molar-refractivity contribution is 0.277. The highest BCUT2D eigenvalue weighted by Gasteiger charge is 2.02. The summed E-state index contributed by atoms with van der Waals surface area (Å²) in [5.74, 6) is 0. The van der Waals surface area contributed by atoms with Crippen molar-refractivity contribution in [2.75, 3.05) is 19.6 Å². The van der Waals surface area contributed by atoms with Gasteiger partial charge in [0.15, 0.2) is 0 Å². The van der Waals surface area contributed by atoms with E-state index in [4.69, 9.17) is 0 Å². The molecule has 1 aromatic carbocycles. The summed E-state index contributed by atoms with van der Waals surface area (Å²) in [6, 6.07) is 10.8. The lowest BCUT2D eigenvalue weighted by Gasteiger charge is -2.20. The minimum absolute atomic E-state index is 1.20. The van der Waals surface area contributed by atoms with Crippen molar-refractivity contribution in [2.45, 2.75) is 58.8 Å². The van der Waals surface area contributed by atoms with Gasteiger partial charge < -0.3 is 4.90 Å². The third-order valence-corrected chi connectivity index (χ3v) is 3.81. The molecule has 1 nitrogen and oxygen atoms in total. The van der Waals surface area contributed by atoms with Crippen molar-refractivity contribution < 1.29 is 0 Å². The number of nitrogens with zero attached hydrogens (tertiary/aromatic N) is 1. The first-order valence-corrected chi connectivity index (χ1v) is 8.13. The van der Waals surface area contributed by atoms with Crippen LogP contribution in [0.4, 0.5) is 0 Å². The molecule has 0 saturated carbocycles. The fourth-order valence-corrected chi connectivity index (χ4v) is 2.52. The molecule has 0 spiro atoms. The summed E-state index contributed by atoms with van der Waals surface area (Å²) >= 11 is 0. The molecule has 1 aromatic rings. The van der Waals surface area contributed by atoms with Crippen molar-refractivity contribution >= 4 is 0 Å². The van der Waals surface area contributed by atoms with Gasteiger partial charge in [0, 0.05) is 0 Å². The molecule has 0 N–H and O–H groups in total. The van der Waals surface area contributed by atoms with Crippen molar-refractivity contribution in [3.63, 3.8) is 0 Å². The highest BCUT2D eigenvalue weighted by molar-refractivity contribution is 5.14. The summed E-state index contributed by atoms with van der Waals surface area (Å²) < 4.78 is 0. The normalized spacial score (nSPS) is 11.1. The second-order valence-electron chi connectivity index (χ2n) is 5.44. The highest BCUT2D eigenvalue weighted by Crippen LogP contribution is 2.06. The Hall–Kier alpha value is -0.820. The maximum atomic E-state index is 2.61. The van der Waals surface area contributed by atoms with Gasteiger partial charge >= 0.3 is 0 Å². The van der Waals surface area contributed by atoms with E-state index < -0.39 is 0 Å².